The summed E-state index contributed by atoms with van der Waals surface area (Å²) in [6.45, 7) is 13.1. The molecule has 148 valence electrons. The molecule has 0 spiro atoms. The monoisotopic (exact) mass is 477 g/mol. The van der Waals surface area contributed by atoms with Gasteiger partial charge in [0.2, 0.25) is 0 Å². The lowest BCUT2D eigenvalue weighted by Crippen LogP contribution is -2.20. The molecule has 5 heteroatoms. The molecule has 0 aliphatic heterocycles. The van der Waals surface area contributed by atoms with Crippen LogP contribution in [0.2, 0.25) is 0 Å². The molecular formula is C21H33FINO2. The second kappa shape index (κ2) is 11.8. The highest BCUT2D eigenvalue weighted by Crippen LogP contribution is 2.25. The molecule has 0 heterocycles. The Kier molecular flexibility index (Phi) is 11.4. The number of benzene rings is 1. The van der Waals surface area contributed by atoms with Crippen molar-refractivity contribution in [3.8, 4) is 0 Å². The van der Waals surface area contributed by atoms with Crippen LogP contribution in [-0.2, 0) is 4.79 Å². The molecule has 26 heavy (non-hydrogen) atoms. The van der Waals surface area contributed by atoms with Gasteiger partial charge in [-0.25, -0.2) is 4.39 Å². The lowest BCUT2D eigenvalue weighted by Gasteiger charge is -2.18. The van der Waals surface area contributed by atoms with E-state index < -0.39 is 5.60 Å². The van der Waals surface area contributed by atoms with E-state index in [9.17, 15) is 9.18 Å². The third kappa shape index (κ3) is 12.5. The largest absolute Gasteiger partial charge is 0.390 e. The molecule has 0 atom stereocenters. The zero-order valence-electron chi connectivity index (χ0n) is 17.1. The van der Waals surface area contributed by atoms with Gasteiger partial charge in [0.05, 0.1) is 11.3 Å². The summed E-state index contributed by atoms with van der Waals surface area (Å²) in [5, 5.41) is 8.96. The van der Waals surface area contributed by atoms with E-state index in [4.69, 9.17) is 5.11 Å². The number of rotatable bonds is 3. The summed E-state index contributed by atoms with van der Waals surface area (Å²) in [4.78, 5) is 14.6. The van der Waals surface area contributed by atoms with Crippen LogP contribution in [-0.4, -0.2) is 20.2 Å². The zero-order valence-corrected chi connectivity index (χ0v) is 19.3. The lowest BCUT2D eigenvalue weighted by molar-refractivity contribution is -0.112. The molecule has 0 aromatic heterocycles. The van der Waals surface area contributed by atoms with Crippen LogP contribution in [0.4, 0.5) is 10.1 Å². The van der Waals surface area contributed by atoms with Gasteiger partial charge in [-0.2, -0.15) is 0 Å². The van der Waals surface area contributed by atoms with Crippen LogP contribution >= 0.6 is 22.6 Å². The number of halogens is 2. The smallest absolute Gasteiger partial charge is 0.195 e. The molecule has 3 nitrogen and oxygen atoms in total. The maximum atomic E-state index is 12.9. The van der Waals surface area contributed by atoms with E-state index in [0.29, 0.717) is 0 Å². The van der Waals surface area contributed by atoms with Crippen LogP contribution in [0.1, 0.15) is 71.4 Å². The Balaban J connectivity index is 0.000000407. The Labute approximate surface area is 171 Å². The van der Waals surface area contributed by atoms with Gasteiger partial charge in [-0.15, -0.1) is 0 Å². The minimum absolute atomic E-state index is 0.00454. The van der Waals surface area contributed by atoms with Crippen molar-refractivity contribution in [1.29, 1.82) is 0 Å². The number of hydrogen-bond acceptors (Lipinski definition) is 3. The summed E-state index contributed by atoms with van der Waals surface area (Å²) in [7, 11) is 0. The number of nitrogens with zero attached hydrogens (tertiary/aromatic N) is 1. The van der Waals surface area contributed by atoms with Gasteiger partial charge in [0.1, 0.15) is 5.82 Å². The fourth-order valence-electron chi connectivity index (χ4n) is 2.26. The van der Waals surface area contributed by atoms with Crippen LogP contribution < -0.4 is 0 Å². The van der Waals surface area contributed by atoms with Gasteiger partial charge in [0, 0.05) is 12.1 Å². The van der Waals surface area contributed by atoms with Crippen LogP contribution in [0.3, 0.4) is 0 Å². The predicted molar refractivity (Wildman–Crippen MR) is 117 cm³/mol. The second-order valence-corrected chi connectivity index (χ2v) is 9.03. The summed E-state index contributed by atoms with van der Waals surface area (Å²) >= 11 is 1.67. The van der Waals surface area contributed by atoms with Crippen LogP contribution in [0, 0.1) is 25.6 Å². The van der Waals surface area contributed by atoms with Crippen molar-refractivity contribution in [3.05, 3.63) is 29.1 Å². The molecule has 1 aromatic rings. The topological polar surface area (TPSA) is 49.7 Å². The second-order valence-electron chi connectivity index (χ2n) is 7.83. The van der Waals surface area contributed by atoms with Gasteiger partial charge in [-0.05, 0) is 93.3 Å². The third-order valence-electron chi connectivity index (χ3n) is 3.76. The highest BCUT2D eigenvalue weighted by molar-refractivity contribution is 14.1. The molecule has 0 saturated heterocycles. The van der Waals surface area contributed by atoms with E-state index in [1.54, 1.807) is 36.4 Å². The first-order chi connectivity index (χ1) is 11.8. The molecular weight excluding hydrogens is 444 g/mol. The summed E-state index contributed by atoms with van der Waals surface area (Å²) in [6.07, 6.45) is 4.69. The molecule has 1 aliphatic carbocycles. The fourth-order valence-corrected chi connectivity index (χ4v) is 3.19. The average molecular weight is 477 g/mol. The summed E-state index contributed by atoms with van der Waals surface area (Å²) in [5.74, 6) is 0.873. The van der Waals surface area contributed by atoms with Crippen molar-refractivity contribution >= 4 is 37.8 Å². The van der Waals surface area contributed by atoms with Gasteiger partial charge < -0.3 is 5.11 Å². The molecule has 1 fully saturated rings. The van der Waals surface area contributed by atoms with E-state index in [1.807, 2.05) is 27.7 Å². The summed E-state index contributed by atoms with van der Waals surface area (Å²) < 4.78 is 12.9. The summed E-state index contributed by atoms with van der Waals surface area (Å²) in [6, 6.07) is 3.02. The Hall–Kier alpha value is -0.820. The Morgan fingerprint density at radius 1 is 1.27 bits per heavy atom. The van der Waals surface area contributed by atoms with Crippen molar-refractivity contribution in [1.82, 2.24) is 0 Å². The Bertz CT molecular complexity index is 590. The van der Waals surface area contributed by atoms with Crippen LogP contribution in [0.25, 0.3) is 0 Å². The van der Waals surface area contributed by atoms with Gasteiger partial charge in [-0.1, -0.05) is 26.2 Å². The molecule has 1 N–H and O–H groups in total. The van der Waals surface area contributed by atoms with Gasteiger partial charge in [0.25, 0.3) is 0 Å². The standard InChI is InChI=1S/C11H14FN.C5H9IO2.C5H10/c1-7(2)13-11-8(3)5-10(12)6-9(11)4;1-5(2,8)3-4(6)7;1-5-3-2-4-5/h5-6H,1-4H3;8H,3H2,1-2H3;5H,2-4H2,1H3. The van der Waals surface area contributed by atoms with Crippen LogP contribution in [0.15, 0.2) is 17.1 Å². The highest BCUT2D eigenvalue weighted by Gasteiger charge is 2.15. The maximum absolute atomic E-state index is 12.9. The fraction of sp³-hybridized carbons (Fsp3) is 0.619. The van der Waals surface area contributed by atoms with E-state index >= 15 is 0 Å². The molecule has 1 saturated carbocycles. The minimum atomic E-state index is -0.835. The molecule has 1 aromatic carbocycles. The van der Waals surface area contributed by atoms with Gasteiger partial charge in [-0.3, -0.25) is 9.79 Å². The van der Waals surface area contributed by atoms with Gasteiger partial charge in [0.15, 0.2) is 3.79 Å². The number of aryl methyl sites for hydroxylation is 2. The van der Waals surface area contributed by atoms with Crippen molar-refractivity contribution in [3.63, 3.8) is 0 Å². The Morgan fingerprint density at radius 3 is 1.88 bits per heavy atom. The Morgan fingerprint density at radius 2 is 1.69 bits per heavy atom. The minimum Gasteiger partial charge on any atom is -0.390 e. The first-order valence-corrected chi connectivity index (χ1v) is 10.1. The average Bonchev–Trinajstić information content (AvgIpc) is 2.39. The number of carbonyl (C=O) groups is 1. The van der Waals surface area contributed by atoms with Crippen LogP contribution in [0.5, 0.6) is 0 Å². The molecule has 0 radical (unpaired) electrons. The summed E-state index contributed by atoms with van der Waals surface area (Å²) in [5.41, 5.74) is 2.81. The molecule has 0 amide bonds. The number of aliphatic hydroxyl groups is 1. The van der Waals surface area contributed by atoms with Gasteiger partial charge >= 0.3 is 0 Å². The van der Waals surface area contributed by atoms with E-state index in [1.165, 1.54) is 31.4 Å². The molecule has 0 unspecified atom stereocenters. The quantitative estimate of drug-likeness (QED) is 0.308. The number of carbonyl (C=O) groups excluding carboxylic acids is 1. The maximum Gasteiger partial charge on any atom is 0.195 e. The van der Waals surface area contributed by atoms with E-state index in [0.717, 1.165) is 28.4 Å². The van der Waals surface area contributed by atoms with Crippen molar-refractivity contribution in [2.45, 2.75) is 79.8 Å². The van der Waals surface area contributed by atoms with Crippen molar-refractivity contribution in [2.24, 2.45) is 10.9 Å². The first kappa shape index (κ1) is 25.2. The molecule has 0 bridgehead atoms. The van der Waals surface area contributed by atoms with Crippen molar-refractivity contribution in [2.75, 3.05) is 0 Å². The zero-order chi connectivity index (χ0) is 20.5. The van der Waals surface area contributed by atoms with Crippen molar-refractivity contribution < 1.29 is 14.3 Å². The van der Waals surface area contributed by atoms with E-state index in [-0.39, 0.29) is 16.0 Å². The lowest BCUT2D eigenvalue weighted by atomic mass is 9.88. The predicted octanol–water partition coefficient (Wildman–Crippen LogP) is 6.47. The SMILES string of the molecule is CC(C)(O)CC(=O)I.CC(C)=Nc1c(C)cc(F)cc1C.CC1CCC1. The highest BCUT2D eigenvalue weighted by atomic mass is 127. The third-order valence-corrected chi connectivity index (χ3v) is 4.14. The molecule has 1 aliphatic rings. The first-order valence-electron chi connectivity index (χ1n) is 9.01. The number of aliphatic imine (C=N–C) groups is 1. The normalized spacial score (nSPS) is 13.5. The van der Waals surface area contributed by atoms with E-state index in [2.05, 4.69) is 11.9 Å². The number of hydrogen-bond donors (Lipinski definition) is 1. The molecule has 2 rings (SSSR count).